The number of nitriles is 1. The third-order valence-electron chi connectivity index (χ3n) is 2.26. The summed E-state index contributed by atoms with van der Waals surface area (Å²) in [5.74, 6) is -2.56. The van der Waals surface area contributed by atoms with Crippen molar-refractivity contribution >= 4 is 0 Å². The number of benzene rings is 1. The van der Waals surface area contributed by atoms with Crippen LogP contribution < -0.4 is 11.2 Å². The third kappa shape index (κ3) is 1.76. The van der Waals surface area contributed by atoms with Gasteiger partial charge in [-0.2, -0.15) is 9.65 Å². The molecular formula is C11H6FN3O3. The molecule has 90 valence electrons. The van der Waals surface area contributed by atoms with Gasteiger partial charge < -0.3 is 5.11 Å². The van der Waals surface area contributed by atoms with Gasteiger partial charge in [-0.1, -0.05) is 6.07 Å². The van der Waals surface area contributed by atoms with Crippen LogP contribution in [0.15, 0.2) is 33.9 Å². The first kappa shape index (κ1) is 11.6. The number of nitrogens with zero attached hydrogens (tertiary/aromatic N) is 2. The predicted molar refractivity (Wildman–Crippen MR) is 59.0 cm³/mol. The molecular weight excluding hydrogens is 241 g/mol. The molecule has 7 heteroatoms. The minimum Gasteiger partial charge on any atom is -0.492 e. The van der Waals surface area contributed by atoms with Gasteiger partial charge in [0, 0.05) is 0 Å². The number of hydrogen-bond acceptors (Lipinski definition) is 4. The molecule has 0 unspecified atom stereocenters. The van der Waals surface area contributed by atoms with Crippen LogP contribution in [0.1, 0.15) is 5.56 Å². The molecule has 2 N–H and O–H groups in total. The average molecular weight is 247 g/mol. The summed E-state index contributed by atoms with van der Waals surface area (Å²) >= 11 is 0. The maximum atomic E-state index is 13.2. The lowest BCUT2D eigenvalue weighted by molar-refractivity contribution is 0.386. The van der Waals surface area contributed by atoms with Gasteiger partial charge in [-0.25, -0.2) is 9.36 Å². The van der Waals surface area contributed by atoms with Crippen molar-refractivity contribution in [2.75, 3.05) is 0 Å². The fraction of sp³-hybridized carbons (Fsp3) is 0. The quantitative estimate of drug-likeness (QED) is 0.754. The lowest BCUT2D eigenvalue weighted by Crippen LogP contribution is -2.30. The Kier molecular flexibility index (Phi) is 2.69. The highest BCUT2D eigenvalue weighted by Crippen LogP contribution is 2.15. The van der Waals surface area contributed by atoms with Crippen LogP contribution >= 0.6 is 0 Å². The van der Waals surface area contributed by atoms with E-state index < -0.39 is 22.9 Å². The van der Waals surface area contributed by atoms with E-state index in [-0.39, 0.29) is 11.3 Å². The lowest BCUT2D eigenvalue weighted by Gasteiger charge is -2.07. The van der Waals surface area contributed by atoms with Gasteiger partial charge in [0.25, 0.3) is 5.56 Å². The molecule has 0 aliphatic rings. The fourth-order valence-corrected chi connectivity index (χ4v) is 1.46. The van der Waals surface area contributed by atoms with E-state index in [0.717, 1.165) is 0 Å². The maximum absolute atomic E-state index is 13.2. The van der Waals surface area contributed by atoms with Gasteiger partial charge in [-0.15, -0.1) is 0 Å². The van der Waals surface area contributed by atoms with Crippen LogP contribution in [0.3, 0.4) is 0 Å². The Morgan fingerprint density at radius 1 is 1.39 bits per heavy atom. The first-order chi connectivity index (χ1) is 8.54. The number of H-pyrrole nitrogens is 1. The first-order valence-corrected chi connectivity index (χ1v) is 4.79. The Labute approximate surface area is 99.2 Å². The SMILES string of the molecule is N#Cc1cccc(-n2c(O)c(F)c(=O)[nH]c2=O)c1. The summed E-state index contributed by atoms with van der Waals surface area (Å²) in [4.78, 5) is 24.1. The highest BCUT2D eigenvalue weighted by atomic mass is 19.1. The monoisotopic (exact) mass is 247 g/mol. The van der Waals surface area contributed by atoms with Crippen molar-refractivity contribution in [2.24, 2.45) is 0 Å². The summed E-state index contributed by atoms with van der Waals surface area (Å²) in [6, 6.07) is 7.45. The predicted octanol–water partition coefficient (Wildman–Crippen LogP) is 0.242. The summed E-state index contributed by atoms with van der Waals surface area (Å²) < 4.78 is 13.8. The number of hydrogen-bond donors (Lipinski definition) is 2. The molecule has 1 aromatic heterocycles. The van der Waals surface area contributed by atoms with Crippen molar-refractivity contribution in [2.45, 2.75) is 0 Å². The number of aromatic nitrogens is 2. The summed E-state index contributed by atoms with van der Waals surface area (Å²) in [5, 5.41) is 18.2. The number of rotatable bonds is 1. The summed E-state index contributed by atoms with van der Waals surface area (Å²) in [5.41, 5.74) is -1.99. The number of aromatic hydroxyl groups is 1. The molecule has 18 heavy (non-hydrogen) atoms. The zero-order chi connectivity index (χ0) is 13.3. The Hall–Kier alpha value is -2.88. The van der Waals surface area contributed by atoms with E-state index in [1.807, 2.05) is 6.07 Å². The summed E-state index contributed by atoms with van der Waals surface area (Å²) in [6.07, 6.45) is 0. The molecule has 0 spiro atoms. The highest BCUT2D eigenvalue weighted by Gasteiger charge is 2.15. The Balaban J connectivity index is 2.80. The van der Waals surface area contributed by atoms with E-state index in [1.54, 1.807) is 4.98 Å². The molecule has 6 nitrogen and oxygen atoms in total. The average Bonchev–Trinajstić information content (AvgIpc) is 2.36. The van der Waals surface area contributed by atoms with Crippen LogP contribution in [0, 0.1) is 17.1 Å². The van der Waals surface area contributed by atoms with Crippen LogP contribution in [0.5, 0.6) is 5.88 Å². The van der Waals surface area contributed by atoms with E-state index >= 15 is 0 Å². The minimum absolute atomic E-state index is 0.0756. The van der Waals surface area contributed by atoms with Gasteiger partial charge in [0.2, 0.25) is 11.7 Å². The zero-order valence-electron chi connectivity index (χ0n) is 8.85. The van der Waals surface area contributed by atoms with Crippen molar-refractivity contribution in [3.8, 4) is 17.6 Å². The molecule has 2 aromatic rings. The van der Waals surface area contributed by atoms with Crippen molar-refractivity contribution in [1.29, 1.82) is 5.26 Å². The van der Waals surface area contributed by atoms with Crippen molar-refractivity contribution < 1.29 is 9.50 Å². The van der Waals surface area contributed by atoms with Crippen LogP contribution in [0.25, 0.3) is 5.69 Å². The van der Waals surface area contributed by atoms with Crippen LogP contribution in [0.4, 0.5) is 4.39 Å². The summed E-state index contributed by atoms with van der Waals surface area (Å²) in [7, 11) is 0. The van der Waals surface area contributed by atoms with Crippen LogP contribution in [-0.4, -0.2) is 14.7 Å². The molecule has 1 heterocycles. The Morgan fingerprint density at radius 3 is 2.78 bits per heavy atom. The molecule has 2 rings (SSSR count). The minimum atomic E-state index is -1.46. The van der Waals surface area contributed by atoms with Gasteiger partial charge in [-0.3, -0.25) is 9.78 Å². The van der Waals surface area contributed by atoms with Gasteiger partial charge in [0.1, 0.15) is 0 Å². The van der Waals surface area contributed by atoms with Gasteiger partial charge in [0.05, 0.1) is 17.3 Å². The van der Waals surface area contributed by atoms with E-state index in [1.165, 1.54) is 24.3 Å². The smallest absolute Gasteiger partial charge is 0.335 e. The molecule has 1 aromatic carbocycles. The molecule has 0 bridgehead atoms. The Morgan fingerprint density at radius 2 is 2.11 bits per heavy atom. The van der Waals surface area contributed by atoms with Crippen LogP contribution in [-0.2, 0) is 0 Å². The van der Waals surface area contributed by atoms with Crippen molar-refractivity contribution in [3.63, 3.8) is 0 Å². The lowest BCUT2D eigenvalue weighted by atomic mass is 10.2. The van der Waals surface area contributed by atoms with Gasteiger partial charge in [0.15, 0.2) is 0 Å². The number of nitrogens with one attached hydrogen (secondary N) is 1. The van der Waals surface area contributed by atoms with E-state index in [0.29, 0.717) is 4.57 Å². The molecule has 0 radical (unpaired) electrons. The van der Waals surface area contributed by atoms with Crippen molar-refractivity contribution in [3.05, 3.63) is 56.5 Å². The van der Waals surface area contributed by atoms with Crippen LogP contribution in [0.2, 0.25) is 0 Å². The largest absolute Gasteiger partial charge is 0.492 e. The second-order valence-corrected chi connectivity index (χ2v) is 3.39. The van der Waals surface area contributed by atoms with E-state index in [4.69, 9.17) is 5.26 Å². The third-order valence-corrected chi connectivity index (χ3v) is 2.26. The van der Waals surface area contributed by atoms with Gasteiger partial charge >= 0.3 is 5.69 Å². The zero-order valence-corrected chi connectivity index (χ0v) is 8.85. The van der Waals surface area contributed by atoms with Crippen molar-refractivity contribution in [1.82, 2.24) is 9.55 Å². The Bertz CT molecular complexity index is 770. The highest BCUT2D eigenvalue weighted by molar-refractivity contribution is 5.43. The van der Waals surface area contributed by atoms with Gasteiger partial charge in [-0.05, 0) is 18.2 Å². The molecule has 0 fully saturated rings. The molecule has 0 aliphatic heterocycles. The summed E-state index contributed by atoms with van der Waals surface area (Å²) in [6.45, 7) is 0. The molecule has 0 saturated carbocycles. The van der Waals surface area contributed by atoms with E-state index in [2.05, 4.69) is 0 Å². The number of aromatic amines is 1. The fourth-order valence-electron chi connectivity index (χ4n) is 1.46. The first-order valence-electron chi connectivity index (χ1n) is 4.79. The number of halogens is 1. The second kappa shape index (κ2) is 4.18. The maximum Gasteiger partial charge on any atom is 0.335 e. The second-order valence-electron chi connectivity index (χ2n) is 3.39. The molecule has 0 saturated heterocycles. The van der Waals surface area contributed by atoms with E-state index in [9.17, 15) is 19.1 Å². The normalized spacial score (nSPS) is 10.0. The standard InChI is InChI=1S/C11H6FN3O3/c12-8-9(16)14-11(18)15(10(8)17)7-3-1-2-6(4-7)5-13/h1-4,17H,(H,14,16,18). The topological polar surface area (TPSA) is 98.9 Å². The molecule has 0 amide bonds. The molecule has 0 aliphatic carbocycles. The molecule has 0 atom stereocenters.